The molecule has 0 saturated heterocycles. The SMILES string of the molecule is CC(C)(C)CC1CCC(C2CCCCC2)C1O. The molecular formula is C16H30O. The second kappa shape index (κ2) is 5.30. The molecule has 0 amide bonds. The van der Waals surface area contributed by atoms with E-state index in [4.69, 9.17) is 0 Å². The quantitative estimate of drug-likeness (QED) is 0.756. The van der Waals surface area contributed by atoms with Crippen LogP contribution in [0.15, 0.2) is 0 Å². The van der Waals surface area contributed by atoms with E-state index in [1.807, 2.05) is 0 Å². The minimum absolute atomic E-state index is 0.00248. The number of aliphatic hydroxyl groups excluding tert-OH is 1. The normalized spacial score (nSPS) is 36.4. The van der Waals surface area contributed by atoms with Crippen LogP contribution in [0.25, 0.3) is 0 Å². The zero-order valence-electron chi connectivity index (χ0n) is 11.9. The first-order valence-electron chi connectivity index (χ1n) is 7.65. The Hall–Kier alpha value is -0.0400. The zero-order chi connectivity index (χ0) is 12.5. The topological polar surface area (TPSA) is 20.2 Å². The van der Waals surface area contributed by atoms with E-state index >= 15 is 0 Å². The van der Waals surface area contributed by atoms with Gasteiger partial charge in [0.1, 0.15) is 0 Å². The molecule has 0 bridgehead atoms. The van der Waals surface area contributed by atoms with Gasteiger partial charge in [0.25, 0.3) is 0 Å². The molecule has 0 aromatic rings. The van der Waals surface area contributed by atoms with E-state index in [2.05, 4.69) is 20.8 Å². The summed E-state index contributed by atoms with van der Waals surface area (Å²) in [6.07, 6.45) is 10.7. The Labute approximate surface area is 107 Å². The van der Waals surface area contributed by atoms with Crippen LogP contribution in [0.2, 0.25) is 0 Å². The molecule has 0 aromatic heterocycles. The summed E-state index contributed by atoms with van der Waals surface area (Å²) in [5.41, 5.74) is 0.368. The number of aliphatic hydroxyl groups is 1. The van der Waals surface area contributed by atoms with Crippen LogP contribution in [0.3, 0.4) is 0 Å². The molecule has 1 heteroatoms. The van der Waals surface area contributed by atoms with Gasteiger partial charge in [-0.1, -0.05) is 52.9 Å². The Kier molecular flexibility index (Phi) is 4.18. The van der Waals surface area contributed by atoms with E-state index < -0.39 is 0 Å². The van der Waals surface area contributed by atoms with Gasteiger partial charge in [0, 0.05) is 0 Å². The molecule has 1 nitrogen and oxygen atoms in total. The molecule has 2 rings (SSSR count). The predicted octanol–water partition coefficient (Wildman–Crippen LogP) is 4.39. The van der Waals surface area contributed by atoms with Gasteiger partial charge in [0.15, 0.2) is 0 Å². The fraction of sp³-hybridized carbons (Fsp3) is 1.00. The third-order valence-electron chi connectivity index (χ3n) is 4.92. The summed E-state index contributed by atoms with van der Waals surface area (Å²) < 4.78 is 0. The van der Waals surface area contributed by atoms with Gasteiger partial charge >= 0.3 is 0 Å². The average molecular weight is 238 g/mol. The van der Waals surface area contributed by atoms with Crippen LogP contribution < -0.4 is 0 Å². The van der Waals surface area contributed by atoms with Gasteiger partial charge in [-0.05, 0) is 42.4 Å². The summed E-state index contributed by atoms with van der Waals surface area (Å²) in [7, 11) is 0. The summed E-state index contributed by atoms with van der Waals surface area (Å²) >= 11 is 0. The molecular weight excluding hydrogens is 208 g/mol. The van der Waals surface area contributed by atoms with E-state index in [9.17, 15) is 5.11 Å². The first-order chi connectivity index (χ1) is 7.97. The van der Waals surface area contributed by atoms with Crippen molar-refractivity contribution >= 4 is 0 Å². The Morgan fingerprint density at radius 2 is 1.59 bits per heavy atom. The molecule has 0 spiro atoms. The lowest BCUT2D eigenvalue weighted by Crippen LogP contribution is -2.30. The molecule has 100 valence electrons. The van der Waals surface area contributed by atoms with Crippen LogP contribution in [-0.2, 0) is 0 Å². The van der Waals surface area contributed by atoms with E-state index in [1.165, 1.54) is 51.4 Å². The minimum Gasteiger partial charge on any atom is -0.393 e. The molecule has 0 aromatic carbocycles. The van der Waals surface area contributed by atoms with Crippen molar-refractivity contribution in [1.29, 1.82) is 0 Å². The third kappa shape index (κ3) is 3.47. The summed E-state index contributed by atoms with van der Waals surface area (Å²) in [4.78, 5) is 0. The van der Waals surface area contributed by atoms with Gasteiger partial charge in [-0.3, -0.25) is 0 Å². The maximum absolute atomic E-state index is 10.6. The Morgan fingerprint density at radius 3 is 2.18 bits per heavy atom. The third-order valence-corrected chi connectivity index (χ3v) is 4.92. The zero-order valence-corrected chi connectivity index (χ0v) is 11.9. The van der Waals surface area contributed by atoms with Crippen molar-refractivity contribution in [1.82, 2.24) is 0 Å². The molecule has 0 heterocycles. The smallest absolute Gasteiger partial charge is 0.0599 e. The van der Waals surface area contributed by atoms with Gasteiger partial charge in [-0.2, -0.15) is 0 Å². The lowest BCUT2D eigenvalue weighted by atomic mass is 9.76. The van der Waals surface area contributed by atoms with Crippen LogP contribution in [-0.4, -0.2) is 11.2 Å². The lowest BCUT2D eigenvalue weighted by Gasteiger charge is -2.32. The van der Waals surface area contributed by atoms with E-state index in [0.29, 0.717) is 17.3 Å². The van der Waals surface area contributed by atoms with Crippen molar-refractivity contribution in [3.05, 3.63) is 0 Å². The fourth-order valence-corrected chi connectivity index (χ4v) is 4.18. The molecule has 17 heavy (non-hydrogen) atoms. The first-order valence-corrected chi connectivity index (χ1v) is 7.65. The highest BCUT2D eigenvalue weighted by atomic mass is 16.3. The maximum Gasteiger partial charge on any atom is 0.0599 e. The average Bonchev–Trinajstić information content (AvgIpc) is 2.60. The van der Waals surface area contributed by atoms with Crippen molar-refractivity contribution in [2.75, 3.05) is 0 Å². The van der Waals surface area contributed by atoms with Crippen molar-refractivity contribution in [2.45, 2.75) is 78.2 Å². The number of hydrogen-bond donors (Lipinski definition) is 1. The number of rotatable bonds is 2. The summed E-state index contributed by atoms with van der Waals surface area (Å²) in [6.45, 7) is 6.90. The summed E-state index contributed by atoms with van der Waals surface area (Å²) in [6, 6.07) is 0. The van der Waals surface area contributed by atoms with Crippen LogP contribution in [0, 0.1) is 23.2 Å². The van der Waals surface area contributed by atoms with E-state index in [0.717, 1.165) is 5.92 Å². The Morgan fingerprint density at radius 1 is 0.941 bits per heavy atom. The molecule has 3 unspecified atom stereocenters. The molecule has 3 atom stereocenters. The minimum atomic E-state index is -0.00248. The van der Waals surface area contributed by atoms with Gasteiger partial charge in [0.05, 0.1) is 6.10 Å². The van der Waals surface area contributed by atoms with Gasteiger partial charge in [0.2, 0.25) is 0 Å². The van der Waals surface area contributed by atoms with E-state index in [1.54, 1.807) is 0 Å². The summed E-state index contributed by atoms with van der Waals surface area (Å²) in [5, 5.41) is 10.6. The van der Waals surface area contributed by atoms with Crippen LogP contribution >= 0.6 is 0 Å². The van der Waals surface area contributed by atoms with Gasteiger partial charge < -0.3 is 5.11 Å². The maximum atomic E-state index is 10.6. The highest BCUT2D eigenvalue weighted by molar-refractivity contribution is 4.90. The van der Waals surface area contributed by atoms with Crippen molar-refractivity contribution in [3.8, 4) is 0 Å². The Bertz CT molecular complexity index is 234. The molecule has 2 fully saturated rings. The van der Waals surface area contributed by atoms with Crippen LogP contribution in [0.4, 0.5) is 0 Å². The first kappa shape index (κ1) is 13.4. The molecule has 0 radical (unpaired) electrons. The molecule has 2 aliphatic carbocycles. The van der Waals surface area contributed by atoms with Gasteiger partial charge in [-0.25, -0.2) is 0 Å². The Balaban J connectivity index is 1.90. The predicted molar refractivity (Wildman–Crippen MR) is 72.9 cm³/mol. The van der Waals surface area contributed by atoms with Crippen LogP contribution in [0.1, 0.15) is 72.1 Å². The summed E-state index contributed by atoms with van der Waals surface area (Å²) in [5.74, 6) is 2.04. The van der Waals surface area contributed by atoms with Gasteiger partial charge in [-0.15, -0.1) is 0 Å². The van der Waals surface area contributed by atoms with Crippen molar-refractivity contribution in [3.63, 3.8) is 0 Å². The molecule has 1 N–H and O–H groups in total. The second-order valence-electron chi connectivity index (χ2n) is 7.65. The van der Waals surface area contributed by atoms with Crippen LogP contribution in [0.5, 0.6) is 0 Å². The highest BCUT2D eigenvalue weighted by Gasteiger charge is 2.40. The second-order valence-corrected chi connectivity index (χ2v) is 7.65. The van der Waals surface area contributed by atoms with E-state index in [-0.39, 0.29) is 6.10 Å². The highest BCUT2D eigenvalue weighted by Crippen LogP contribution is 2.45. The lowest BCUT2D eigenvalue weighted by molar-refractivity contribution is 0.0402. The molecule has 2 saturated carbocycles. The standard InChI is InChI=1S/C16H30O/c1-16(2,3)11-13-9-10-14(15(13)17)12-7-5-4-6-8-12/h12-15,17H,4-11H2,1-3H3. The van der Waals surface area contributed by atoms with Crippen molar-refractivity contribution < 1.29 is 5.11 Å². The number of hydrogen-bond acceptors (Lipinski definition) is 1. The largest absolute Gasteiger partial charge is 0.393 e. The van der Waals surface area contributed by atoms with Crippen molar-refractivity contribution in [2.24, 2.45) is 23.2 Å². The molecule has 2 aliphatic rings. The monoisotopic (exact) mass is 238 g/mol. The molecule has 0 aliphatic heterocycles. The fourth-order valence-electron chi connectivity index (χ4n) is 4.18.